The van der Waals surface area contributed by atoms with Crippen LogP contribution in [-0.4, -0.2) is 43.0 Å². The van der Waals surface area contributed by atoms with Crippen LogP contribution < -0.4 is 10.2 Å². The van der Waals surface area contributed by atoms with E-state index in [1.54, 1.807) is 6.07 Å². The van der Waals surface area contributed by atoms with Gasteiger partial charge in [-0.2, -0.15) is 5.26 Å². The normalized spacial score (nSPS) is 16.4. The van der Waals surface area contributed by atoms with Crippen LogP contribution in [0.4, 0.5) is 10.7 Å². The van der Waals surface area contributed by atoms with Crippen molar-refractivity contribution in [1.82, 2.24) is 4.90 Å². The van der Waals surface area contributed by atoms with Crippen LogP contribution in [0.2, 0.25) is 0 Å². The van der Waals surface area contributed by atoms with Crippen LogP contribution in [0.1, 0.15) is 12.5 Å². The van der Waals surface area contributed by atoms with Crippen molar-refractivity contribution in [3.8, 4) is 6.07 Å². The molecule has 1 amide bonds. The molecular weight excluding hydrogens is 320 g/mol. The number of carbonyl (C=O) groups excluding carboxylic acids is 1. The second kappa shape index (κ2) is 7.47. The fourth-order valence-corrected chi connectivity index (χ4v) is 3.62. The zero-order valence-electron chi connectivity index (χ0n) is 13.6. The number of hydrogen-bond donors (Lipinski definition) is 1. The van der Waals surface area contributed by atoms with E-state index in [1.807, 2.05) is 30.5 Å². The number of amides is 1. The first-order chi connectivity index (χ1) is 11.7. The maximum absolute atomic E-state index is 12.5. The average Bonchev–Trinajstić information content (AvgIpc) is 3.09. The van der Waals surface area contributed by atoms with E-state index in [0.717, 1.165) is 26.2 Å². The number of nitriles is 1. The molecule has 0 bridgehead atoms. The Balaban J connectivity index is 1.56. The molecule has 1 aromatic heterocycles. The molecule has 1 fully saturated rings. The van der Waals surface area contributed by atoms with Crippen LogP contribution in [0.25, 0.3) is 0 Å². The summed E-state index contributed by atoms with van der Waals surface area (Å²) in [6, 6.07) is 14.0. The van der Waals surface area contributed by atoms with E-state index in [0.29, 0.717) is 10.6 Å². The highest BCUT2D eigenvalue weighted by atomic mass is 32.1. The van der Waals surface area contributed by atoms with Gasteiger partial charge >= 0.3 is 0 Å². The van der Waals surface area contributed by atoms with E-state index < -0.39 is 0 Å². The van der Waals surface area contributed by atoms with Gasteiger partial charge in [0.1, 0.15) is 11.1 Å². The second-order valence-electron chi connectivity index (χ2n) is 5.80. The molecule has 1 atom stereocenters. The fraction of sp³-hybridized carbons (Fsp3) is 0.333. The van der Waals surface area contributed by atoms with Crippen LogP contribution in [0.3, 0.4) is 0 Å². The summed E-state index contributed by atoms with van der Waals surface area (Å²) in [6.07, 6.45) is 0. The maximum atomic E-state index is 12.5. The summed E-state index contributed by atoms with van der Waals surface area (Å²) < 4.78 is 0. The third-order valence-electron chi connectivity index (χ3n) is 4.39. The monoisotopic (exact) mass is 340 g/mol. The Labute approximate surface area is 146 Å². The highest BCUT2D eigenvalue weighted by molar-refractivity contribution is 7.14. The largest absolute Gasteiger partial charge is 0.369 e. The summed E-state index contributed by atoms with van der Waals surface area (Å²) in [5.41, 5.74) is 1.75. The lowest BCUT2D eigenvalue weighted by Gasteiger charge is -2.38. The molecule has 1 saturated heterocycles. The maximum Gasteiger partial charge on any atom is 0.242 e. The number of benzene rings is 1. The summed E-state index contributed by atoms with van der Waals surface area (Å²) in [6.45, 7) is 5.43. The van der Waals surface area contributed by atoms with Gasteiger partial charge in [-0.15, -0.1) is 11.3 Å². The van der Waals surface area contributed by atoms with Gasteiger partial charge in [0.2, 0.25) is 5.91 Å². The zero-order valence-corrected chi connectivity index (χ0v) is 14.4. The van der Waals surface area contributed by atoms with E-state index in [-0.39, 0.29) is 11.9 Å². The third kappa shape index (κ3) is 3.58. The number of anilines is 2. The zero-order chi connectivity index (χ0) is 16.9. The number of nitrogens with zero attached hydrogens (tertiary/aromatic N) is 3. The predicted molar refractivity (Wildman–Crippen MR) is 97.4 cm³/mol. The fourth-order valence-electron chi connectivity index (χ4n) is 2.88. The number of para-hydroxylation sites is 1. The first-order valence-electron chi connectivity index (χ1n) is 8.01. The molecule has 3 rings (SSSR count). The number of thiophene rings is 1. The van der Waals surface area contributed by atoms with Crippen molar-refractivity contribution < 1.29 is 4.79 Å². The molecule has 1 N–H and O–H groups in total. The summed E-state index contributed by atoms with van der Waals surface area (Å²) in [5, 5.41) is 14.4. The highest BCUT2D eigenvalue weighted by Crippen LogP contribution is 2.23. The Morgan fingerprint density at radius 3 is 2.58 bits per heavy atom. The van der Waals surface area contributed by atoms with Crippen molar-refractivity contribution in [1.29, 1.82) is 5.26 Å². The van der Waals surface area contributed by atoms with Crippen molar-refractivity contribution >= 4 is 27.9 Å². The molecule has 0 aliphatic carbocycles. The van der Waals surface area contributed by atoms with Crippen LogP contribution in [0, 0.1) is 11.3 Å². The molecule has 0 radical (unpaired) electrons. The van der Waals surface area contributed by atoms with Crippen molar-refractivity contribution in [2.45, 2.75) is 13.0 Å². The summed E-state index contributed by atoms with van der Waals surface area (Å²) >= 11 is 1.38. The molecule has 0 spiro atoms. The van der Waals surface area contributed by atoms with Crippen molar-refractivity contribution in [3.63, 3.8) is 0 Å². The van der Waals surface area contributed by atoms with Crippen molar-refractivity contribution in [3.05, 3.63) is 47.3 Å². The molecule has 1 aromatic carbocycles. The molecule has 1 aliphatic rings. The summed E-state index contributed by atoms with van der Waals surface area (Å²) in [5.74, 6) is -0.0536. The minimum atomic E-state index is -0.212. The minimum absolute atomic E-state index is 0.0536. The van der Waals surface area contributed by atoms with Gasteiger partial charge in [-0.1, -0.05) is 18.2 Å². The lowest BCUT2D eigenvalue weighted by atomic mass is 10.2. The summed E-state index contributed by atoms with van der Waals surface area (Å²) in [7, 11) is 0. The lowest BCUT2D eigenvalue weighted by Crippen LogP contribution is -2.52. The second-order valence-corrected chi connectivity index (χ2v) is 6.72. The van der Waals surface area contributed by atoms with Gasteiger partial charge in [-0.05, 0) is 30.5 Å². The van der Waals surface area contributed by atoms with Gasteiger partial charge in [0, 0.05) is 31.9 Å². The van der Waals surface area contributed by atoms with E-state index >= 15 is 0 Å². The van der Waals surface area contributed by atoms with Crippen LogP contribution in [0.5, 0.6) is 0 Å². The van der Waals surface area contributed by atoms with Gasteiger partial charge in [-0.25, -0.2) is 0 Å². The van der Waals surface area contributed by atoms with Crippen LogP contribution in [-0.2, 0) is 4.79 Å². The van der Waals surface area contributed by atoms with Gasteiger partial charge in [-0.3, -0.25) is 9.69 Å². The molecule has 0 unspecified atom stereocenters. The third-order valence-corrected chi connectivity index (χ3v) is 5.22. The van der Waals surface area contributed by atoms with Crippen molar-refractivity contribution in [2.75, 3.05) is 36.4 Å². The van der Waals surface area contributed by atoms with E-state index in [9.17, 15) is 4.79 Å². The van der Waals surface area contributed by atoms with Crippen LogP contribution in [0.15, 0.2) is 41.8 Å². The van der Waals surface area contributed by atoms with E-state index in [2.05, 4.69) is 33.3 Å². The summed E-state index contributed by atoms with van der Waals surface area (Å²) in [4.78, 5) is 17.0. The smallest absolute Gasteiger partial charge is 0.242 e. The molecule has 0 saturated carbocycles. The Hall–Kier alpha value is -2.36. The molecule has 24 heavy (non-hydrogen) atoms. The first kappa shape index (κ1) is 16.5. The molecule has 5 nitrogen and oxygen atoms in total. The molecule has 2 heterocycles. The van der Waals surface area contributed by atoms with E-state index in [1.165, 1.54) is 17.0 Å². The molecule has 2 aromatic rings. The van der Waals surface area contributed by atoms with Gasteiger partial charge in [0.05, 0.1) is 11.6 Å². The van der Waals surface area contributed by atoms with Gasteiger partial charge in [0.25, 0.3) is 0 Å². The van der Waals surface area contributed by atoms with Crippen LogP contribution >= 0.6 is 11.3 Å². The molecule has 124 valence electrons. The quantitative estimate of drug-likeness (QED) is 0.930. The number of hydrogen-bond acceptors (Lipinski definition) is 5. The average molecular weight is 340 g/mol. The number of nitrogens with one attached hydrogen (secondary N) is 1. The number of piperazine rings is 1. The number of carbonyl (C=O) groups is 1. The minimum Gasteiger partial charge on any atom is -0.369 e. The first-order valence-corrected chi connectivity index (χ1v) is 8.89. The molecule has 1 aliphatic heterocycles. The van der Waals surface area contributed by atoms with E-state index in [4.69, 9.17) is 5.26 Å². The predicted octanol–water partition coefficient (Wildman–Crippen LogP) is 2.77. The lowest BCUT2D eigenvalue weighted by molar-refractivity contribution is -0.120. The molecular formula is C18H20N4OS. The Bertz CT molecular complexity index is 729. The highest BCUT2D eigenvalue weighted by Gasteiger charge is 2.26. The Morgan fingerprint density at radius 1 is 1.21 bits per heavy atom. The SMILES string of the molecule is C[C@@H](C(=O)Nc1sccc1C#N)N1CCN(c2ccccc2)CC1. The molecule has 6 heteroatoms. The Morgan fingerprint density at radius 2 is 1.92 bits per heavy atom. The van der Waals surface area contributed by atoms with Crippen molar-refractivity contribution in [2.24, 2.45) is 0 Å². The Kier molecular flexibility index (Phi) is 5.14. The van der Waals surface area contributed by atoms with Gasteiger partial charge < -0.3 is 10.2 Å². The van der Waals surface area contributed by atoms with Gasteiger partial charge in [0.15, 0.2) is 0 Å². The standard InChI is InChI=1S/C18H20N4OS/c1-14(17(23)20-18-15(13-19)7-12-24-18)21-8-10-22(11-9-21)16-5-3-2-4-6-16/h2-7,12,14H,8-11H2,1H3,(H,20,23)/t14-/m0/s1. The topological polar surface area (TPSA) is 59.4 Å². The number of rotatable bonds is 4.